The molecule has 2 rings (SSSR count). The van der Waals surface area contributed by atoms with E-state index in [1.807, 2.05) is 0 Å². The van der Waals surface area contributed by atoms with Crippen LogP contribution in [-0.2, 0) is 4.74 Å². The molecule has 0 radical (unpaired) electrons. The number of nitrogens with zero attached hydrogens (tertiary/aromatic N) is 2. The van der Waals surface area contributed by atoms with Gasteiger partial charge >= 0.3 is 12.3 Å². The molecule has 1 saturated heterocycles. The predicted octanol–water partition coefficient (Wildman–Crippen LogP) is -1.40. The Balaban J connectivity index is 2.33. The maximum absolute atomic E-state index is 13.5. The smallest absolute Gasteiger partial charge is 0.388 e. The van der Waals surface area contributed by atoms with Crippen LogP contribution in [0.3, 0.4) is 0 Å². The topological polar surface area (TPSA) is 114 Å². The zero-order valence-electron chi connectivity index (χ0n) is 10.3. The zero-order chi connectivity index (χ0) is 15.7. The Hall–Kier alpha value is -1.69. The van der Waals surface area contributed by atoms with Crippen molar-refractivity contribution in [2.45, 2.75) is 31.2 Å². The summed E-state index contributed by atoms with van der Waals surface area (Å²) in [7, 11) is 0. The average Bonchev–Trinajstić information content (AvgIpc) is 2.69. The fourth-order valence-corrected chi connectivity index (χ4v) is 1.89. The third-order valence-corrected chi connectivity index (χ3v) is 2.87. The third-order valence-electron chi connectivity index (χ3n) is 2.87. The number of hydrogen-bond donors (Lipinski definition) is 3. The van der Waals surface area contributed by atoms with Crippen molar-refractivity contribution in [3.63, 3.8) is 0 Å². The summed E-state index contributed by atoms with van der Waals surface area (Å²) in [5, 5.41) is 28.1. The van der Waals surface area contributed by atoms with Crippen LogP contribution in [0.2, 0.25) is 0 Å². The number of ether oxygens (including phenoxy) is 2. The summed E-state index contributed by atoms with van der Waals surface area (Å²) in [6, 6.07) is 0. The quantitative estimate of drug-likeness (QED) is 0.626. The van der Waals surface area contributed by atoms with Crippen molar-refractivity contribution in [2.75, 3.05) is 6.61 Å². The maximum Gasteiger partial charge on any atom is 0.388 e. The number of aliphatic hydroxyl groups is 3. The normalized spacial score (nSPS) is 29.1. The second-order valence-corrected chi connectivity index (χ2v) is 4.19. The lowest BCUT2D eigenvalue weighted by molar-refractivity contribution is -0.0616. The zero-order valence-corrected chi connectivity index (χ0v) is 10.3. The van der Waals surface area contributed by atoms with E-state index in [9.17, 15) is 28.2 Å². The van der Waals surface area contributed by atoms with Crippen molar-refractivity contribution in [2.24, 2.45) is 0 Å². The first-order chi connectivity index (χ1) is 9.85. The molecule has 0 saturated carbocycles. The van der Waals surface area contributed by atoms with Gasteiger partial charge in [-0.2, -0.15) is 18.2 Å². The Bertz CT molecular complexity index is 568. The molecule has 0 unspecified atom stereocenters. The number of alkyl halides is 2. The molecule has 1 aliphatic heterocycles. The van der Waals surface area contributed by atoms with E-state index >= 15 is 0 Å². The van der Waals surface area contributed by atoms with E-state index in [1.54, 1.807) is 0 Å². The number of halogens is 3. The molecule has 2 heterocycles. The van der Waals surface area contributed by atoms with Crippen molar-refractivity contribution in [3.8, 4) is 5.88 Å². The Morgan fingerprint density at radius 1 is 1.43 bits per heavy atom. The Morgan fingerprint density at radius 3 is 2.62 bits per heavy atom. The third kappa shape index (κ3) is 3.00. The lowest BCUT2D eigenvalue weighted by Crippen LogP contribution is -2.36. The van der Waals surface area contributed by atoms with Gasteiger partial charge in [-0.15, -0.1) is 0 Å². The first-order valence-corrected chi connectivity index (χ1v) is 5.71. The van der Waals surface area contributed by atoms with E-state index in [0.29, 0.717) is 10.8 Å². The van der Waals surface area contributed by atoms with Gasteiger partial charge in [0.15, 0.2) is 6.23 Å². The van der Waals surface area contributed by atoms with Crippen LogP contribution in [0.25, 0.3) is 0 Å². The van der Waals surface area contributed by atoms with Gasteiger partial charge in [0.25, 0.3) is 5.88 Å². The van der Waals surface area contributed by atoms with E-state index in [0.717, 1.165) is 0 Å². The number of rotatable bonds is 4. The van der Waals surface area contributed by atoms with Crippen LogP contribution in [-0.4, -0.2) is 56.4 Å². The fourth-order valence-electron chi connectivity index (χ4n) is 1.89. The van der Waals surface area contributed by atoms with Gasteiger partial charge in [0.05, 0.1) is 12.8 Å². The van der Waals surface area contributed by atoms with Crippen molar-refractivity contribution in [1.82, 2.24) is 9.55 Å². The molecule has 1 aromatic heterocycles. The molecule has 0 aliphatic carbocycles. The van der Waals surface area contributed by atoms with E-state index in [1.165, 1.54) is 0 Å². The molecule has 118 valence electrons. The van der Waals surface area contributed by atoms with E-state index < -0.39 is 55.1 Å². The average molecular weight is 312 g/mol. The second-order valence-electron chi connectivity index (χ2n) is 4.19. The Morgan fingerprint density at radius 2 is 2.10 bits per heavy atom. The molecule has 4 atom stereocenters. The molecule has 8 nitrogen and oxygen atoms in total. The van der Waals surface area contributed by atoms with E-state index in [-0.39, 0.29) is 0 Å². The highest BCUT2D eigenvalue weighted by Gasteiger charge is 2.44. The minimum Gasteiger partial charge on any atom is -0.414 e. The van der Waals surface area contributed by atoms with Crippen LogP contribution in [0.1, 0.15) is 6.23 Å². The first kappa shape index (κ1) is 15.7. The molecular formula is C10H11F3N2O6. The van der Waals surface area contributed by atoms with E-state index in [4.69, 9.17) is 9.84 Å². The van der Waals surface area contributed by atoms with Gasteiger partial charge in [0.2, 0.25) is 5.82 Å². The fraction of sp³-hybridized carbons (Fsp3) is 0.600. The molecule has 0 aromatic carbocycles. The van der Waals surface area contributed by atoms with Crippen LogP contribution in [0.15, 0.2) is 11.0 Å². The molecule has 0 bridgehead atoms. The standard InChI is InChI=1S/C10H11F3N2O6/c11-3-1-15(10(19)14-7(3)21-9(12)13)8-6(18)5(17)4(2-16)20-8/h1,4-6,8-9,16-18H,2H2/t4-,5-,6+,8-/m1/s1. The lowest BCUT2D eigenvalue weighted by Gasteiger charge is -2.17. The van der Waals surface area contributed by atoms with Crippen LogP contribution in [0.4, 0.5) is 13.2 Å². The van der Waals surface area contributed by atoms with Crippen LogP contribution in [0, 0.1) is 5.82 Å². The van der Waals surface area contributed by atoms with Crippen LogP contribution in [0.5, 0.6) is 5.88 Å². The minimum absolute atomic E-state index is 0.452. The summed E-state index contributed by atoms with van der Waals surface area (Å²) in [6.07, 6.45) is -5.40. The molecule has 21 heavy (non-hydrogen) atoms. The van der Waals surface area contributed by atoms with Gasteiger partial charge in [0, 0.05) is 0 Å². The summed E-state index contributed by atoms with van der Waals surface area (Å²) in [5.74, 6) is -2.58. The van der Waals surface area contributed by atoms with Gasteiger partial charge in [-0.1, -0.05) is 0 Å². The number of hydrogen-bond acceptors (Lipinski definition) is 7. The monoisotopic (exact) mass is 312 g/mol. The molecule has 0 spiro atoms. The molecule has 1 aliphatic rings. The summed E-state index contributed by atoms with van der Waals surface area (Å²) >= 11 is 0. The Kier molecular flexibility index (Phi) is 4.46. The summed E-state index contributed by atoms with van der Waals surface area (Å²) < 4.78 is 46.7. The largest absolute Gasteiger partial charge is 0.414 e. The molecule has 1 aromatic rings. The van der Waals surface area contributed by atoms with Gasteiger partial charge in [0.1, 0.15) is 18.3 Å². The van der Waals surface area contributed by atoms with Crippen molar-refractivity contribution >= 4 is 0 Å². The summed E-state index contributed by atoms with van der Waals surface area (Å²) in [4.78, 5) is 14.6. The lowest BCUT2D eigenvalue weighted by atomic mass is 10.1. The van der Waals surface area contributed by atoms with Crippen molar-refractivity contribution in [3.05, 3.63) is 22.5 Å². The van der Waals surface area contributed by atoms with Gasteiger partial charge < -0.3 is 24.8 Å². The van der Waals surface area contributed by atoms with Gasteiger partial charge in [-0.3, -0.25) is 4.57 Å². The number of aliphatic hydroxyl groups excluding tert-OH is 3. The van der Waals surface area contributed by atoms with E-state index in [2.05, 4.69) is 9.72 Å². The van der Waals surface area contributed by atoms with Gasteiger partial charge in [-0.25, -0.2) is 4.79 Å². The molecule has 0 amide bonds. The van der Waals surface area contributed by atoms with Crippen LogP contribution < -0.4 is 10.4 Å². The highest BCUT2D eigenvalue weighted by atomic mass is 19.3. The molecule has 11 heteroatoms. The van der Waals surface area contributed by atoms with Crippen molar-refractivity contribution in [1.29, 1.82) is 0 Å². The molecule has 3 N–H and O–H groups in total. The summed E-state index contributed by atoms with van der Waals surface area (Å²) in [5.41, 5.74) is -1.23. The second kappa shape index (κ2) is 5.97. The maximum atomic E-state index is 13.5. The van der Waals surface area contributed by atoms with Crippen molar-refractivity contribution < 1.29 is 38.0 Å². The molecular weight excluding hydrogens is 301 g/mol. The van der Waals surface area contributed by atoms with Gasteiger partial charge in [-0.05, 0) is 0 Å². The SMILES string of the molecule is O=c1nc(OC(F)F)c(F)cn1[C@@H]1O[C@H](CO)[C@@H](O)[C@@H]1O. The first-order valence-electron chi connectivity index (χ1n) is 5.71. The highest BCUT2D eigenvalue weighted by molar-refractivity contribution is 5.10. The summed E-state index contributed by atoms with van der Waals surface area (Å²) in [6.45, 7) is -4.01. The highest BCUT2D eigenvalue weighted by Crippen LogP contribution is 2.28. The Labute approximate surface area is 115 Å². The predicted molar refractivity (Wildman–Crippen MR) is 58.1 cm³/mol. The van der Waals surface area contributed by atoms with Crippen LogP contribution >= 0.6 is 0 Å². The minimum atomic E-state index is -3.36. The number of aromatic nitrogens is 2. The molecule has 1 fully saturated rings.